The van der Waals surface area contributed by atoms with Crippen molar-refractivity contribution in [2.45, 2.75) is 37.8 Å². The highest BCUT2D eigenvalue weighted by Crippen LogP contribution is 2.25. The summed E-state index contributed by atoms with van der Waals surface area (Å²) in [4.78, 5) is 12.5. The molecule has 3 rings (SSSR count). The Bertz CT molecular complexity index is 1000. The van der Waals surface area contributed by atoms with E-state index in [-0.39, 0.29) is 12.5 Å². The highest BCUT2D eigenvalue weighted by atomic mass is 32.2. The first kappa shape index (κ1) is 21.5. The normalized spacial score (nSPS) is 11.7. The van der Waals surface area contributed by atoms with Gasteiger partial charge in [-0.25, -0.2) is 4.68 Å². The molecular weight excluding hydrogens is 402 g/mol. The Morgan fingerprint density at radius 1 is 1.17 bits per heavy atom. The molecule has 0 aliphatic rings. The van der Waals surface area contributed by atoms with Crippen molar-refractivity contribution in [1.29, 1.82) is 0 Å². The minimum atomic E-state index is -0.425. The van der Waals surface area contributed by atoms with Gasteiger partial charge >= 0.3 is 0 Å². The molecule has 2 aromatic carbocycles. The number of anilines is 1. The molecule has 0 bridgehead atoms. The molecule has 3 N–H and O–H groups in total. The molecule has 0 radical (unpaired) electrons. The zero-order valence-corrected chi connectivity index (χ0v) is 18.2. The first-order chi connectivity index (χ1) is 14.4. The lowest BCUT2D eigenvalue weighted by atomic mass is 10.1. The Morgan fingerprint density at radius 3 is 2.47 bits per heavy atom. The third-order valence-corrected chi connectivity index (χ3v) is 5.56. The summed E-state index contributed by atoms with van der Waals surface area (Å²) in [5, 5.41) is 11.1. The number of nitrogens with one attached hydrogen (secondary N) is 1. The second-order valence-electron chi connectivity index (χ2n) is 6.76. The summed E-state index contributed by atoms with van der Waals surface area (Å²) in [5.41, 5.74) is 2.76. The van der Waals surface area contributed by atoms with Gasteiger partial charge in [-0.2, -0.15) is 0 Å². The number of para-hydroxylation sites is 1. The summed E-state index contributed by atoms with van der Waals surface area (Å²) in [5.74, 6) is 7.96. The number of nitrogen functional groups attached to an aromatic ring is 1. The Hall–Kier alpha value is -3.20. The number of benzene rings is 2. The molecule has 9 heteroatoms. The molecule has 3 aromatic rings. The Kier molecular flexibility index (Phi) is 6.83. The summed E-state index contributed by atoms with van der Waals surface area (Å²) in [7, 11) is 1.59. The van der Waals surface area contributed by atoms with Gasteiger partial charge < -0.3 is 20.6 Å². The summed E-state index contributed by atoms with van der Waals surface area (Å²) >= 11 is 1.23. The van der Waals surface area contributed by atoms with Gasteiger partial charge in [0.25, 0.3) is 0 Å². The molecule has 0 saturated carbocycles. The highest BCUT2D eigenvalue weighted by Gasteiger charge is 2.20. The van der Waals surface area contributed by atoms with E-state index < -0.39 is 5.25 Å². The molecule has 158 valence electrons. The quantitative estimate of drug-likeness (QED) is 0.420. The number of aryl methyl sites for hydroxylation is 2. The largest absolute Gasteiger partial charge is 0.497 e. The minimum absolute atomic E-state index is 0.165. The van der Waals surface area contributed by atoms with E-state index in [9.17, 15) is 4.79 Å². The van der Waals surface area contributed by atoms with Crippen LogP contribution in [0.3, 0.4) is 0 Å². The molecule has 30 heavy (non-hydrogen) atoms. The maximum atomic E-state index is 12.5. The fourth-order valence-electron chi connectivity index (χ4n) is 2.78. The van der Waals surface area contributed by atoms with Crippen molar-refractivity contribution in [3.05, 3.63) is 59.4 Å². The van der Waals surface area contributed by atoms with Gasteiger partial charge in [0.1, 0.15) is 18.1 Å². The summed E-state index contributed by atoms with van der Waals surface area (Å²) in [6.45, 7) is 5.94. The van der Waals surface area contributed by atoms with Crippen LogP contribution >= 0.6 is 11.8 Å². The van der Waals surface area contributed by atoms with Gasteiger partial charge in [-0.1, -0.05) is 30.0 Å². The third kappa shape index (κ3) is 5.04. The molecule has 1 atom stereocenters. The van der Waals surface area contributed by atoms with Crippen LogP contribution in [-0.2, 0) is 11.4 Å². The van der Waals surface area contributed by atoms with Crippen molar-refractivity contribution >= 4 is 23.4 Å². The van der Waals surface area contributed by atoms with Crippen LogP contribution in [0.2, 0.25) is 0 Å². The van der Waals surface area contributed by atoms with E-state index in [1.54, 1.807) is 38.3 Å². The van der Waals surface area contributed by atoms with Crippen molar-refractivity contribution in [3.63, 3.8) is 0 Å². The molecule has 8 nitrogen and oxygen atoms in total. The van der Waals surface area contributed by atoms with Crippen LogP contribution in [-0.4, -0.2) is 33.1 Å². The Balaban J connectivity index is 1.60. The van der Waals surface area contributed by atoms with Crippen molar-refractivity contribution < 1.29 is 14.3 Å². The average molecular weight is 428 g/mol. The first-order valence-corrected chi connectivity index (χ1v) is 10.3. The second kappa shape index (κ2) is 9.53. The SMILES string of the molecule is COc1ccc(NC(=O)C(C)Sc2nnc(COc3c(C)cccc3C)n2N)cc1. The van der Waals surface area contributed by atoms with Gasteiger partial charge in [0.05, 0.1) is 12.4 Å². The van der Waals surface area contributed by atoms with E-state index in [0.29, 0.717) is 16.7 Å². The van der Waals surface area contributed by atoms with E-state index in [4.69, 9.17) is 15.3 Å². The van der Waals surface area contributed by atoms with E-state index in [2.05, 4.69) is 15.5 Å². The molecule has 1 amide bonds. The smallest absolute Gasteiger partial charge is 0.237 e. The third-order valence-electron chi connectivity index (χ3n) is 4.50. The van der Waals surface area contributed by atoms with Crippen LogP contribution in [0.25, 0.3) is 0 Å². The van der Waals surface area contributed by atoms with Crippen molar-refractivity contribution in [1.82, 2.24) is 14.9 Å². The number of nitrogens with zero attached hydrogens (tertiary/aromatic N) is 3. The second-order valence-corrected chi connectivity index (χ2v) is 8.06. The zero-order valence-electron chi connectivity index (χ0n) is 17.4. The van der Waals surface area contributed by atoms with Crippen molar-refractivity contribution in [3.8, 4) is 11.5 Å². The fraction of sp³-hybridized carbons (Fsp3) is 0.286. The number of thioether (sulfide) groups is 1. The fourth-order valence-corrected chi connectivity index (χ4v) is 3.57. The van der Waals surface area contributed by atoms with Gasteiger partial charge in [-0.15, -0.1) is 10.2 Å². The number of nitrogens with two attached hydrogens (primary N) is 1. The molecular formula is C21H25N5O3S. The van der Waals surface area contributed by atoms with Crippen LogP contribution in [0.15, 0.2) is 47.6 Å². The number of carbonyl (C=O) groups excluding carboxylic acids is 1. The van der Waals surface area contributed by atoms with E-state index >= 15 is 0 Å². The van der Waals surface area contributed by atoms with Crippen LogP contribution in [0, 0.1) is 13.8 Å². The molecule has 0 fully saturated rings. The van der Waals surface area contributed by atoms with Gasteiger partial charge in [0, 0.05) is 5.69 Å². The zero-order chi connectivity index (χ0) is 21.7. The topological polar surface area (TPSA) is 104 Å². The monoisotopic (exact) mass is 427 g/mol. The number of rotatable bonds is 8. The molecule has 1 heterocycles. The van der Waals surface area contributed by atoms with Crippen LogP contribution < -0.4 is 20.6 Å². The molecule has 0 aliphatic heterocycles. The van der Waals surface area contributed by atoms with E-state index in [1.807, 2.05) is 32.0 Å². The number of aromatic nitrogens is 3. The number of hydrogen-bond donors (Lipinski definition) is 2. The number of methoxy groups -OCH3 is 1. The van der Waals surface area contributed by atoms with Crippen molar-refractivity contribution in [2.75, 3.05) is 18.3 Å². The maximum absolute atomic E-state index is 12.5. The minimum Gasteiger partial charge on any atom is -0.497 e. The average Bonchev–Trinajstić information content (AvgIpc) is 3.07. The summed E-state index contributed by atoms with van der Waals surface area (Å²) < 4.78 is 12.4. The summed E-state index contributed by atoms with van der Waals surface area (Å²) in [6.07, 6.45) is 0. The van der Waals surface area contributed by atoms with Gasteiger partial charge in [-0.3, -0.25) is 4.79 Å². The maximum Gasteiger partial charge on any atom is 0.237 e. The molecule has 0 spiro atoms. The lowest BCUT2D eigenvalue weighted by Gasteiger charge is -2.13. The number of amides is 1. The van der Waals surface area contributed by atoms with E-state index in [0.717, 1.165) is 22.6 Å². The predicted octanol–water partition coefficient (Wildman–Crippen LogP) is 3.32. The molecule has 0 aliphatic carbocycles. The lowest BCUT2D eigenvalue weighted by molar-refractivity contribution is -0.115. The first-order valence-electron chi connectivity index (χ1n) is 9.39. The number of carbonyl (C=O) groups is 1. The van der Waals surface area contributed by atoms with E-state index in [1.165, 1.54) is 16.4 Å². The standard InChI is InChI=1S/C21H25N5O3S/c1-13-6-5-7-14(2)19(13)29-12-18-24-25-21(26(18)22)30-15(3)20(27)23-16-8-10-17(28-4)11-9-16/h5-11,15H,12,22H2,1-4H3,(H,23,27). The molecule has 0 saturated heterocycles. The van der Waals surface area contributed by atoms with Crippen LogP contribution in [0.5, 0.6) is 11.5 Å². The molecule has 1 unspecified atom stereocenters. The van der Waals surface area contributed by atoms with Crippen LogP contribution in [0.1, 0.15) is 23.9 Å². The highest BCUT2D eigenvalue weighted by molar-refractivity contribution is 8.00. The lowest BCUT2D eigenvalue weighted by Crippen LogP contribution is -2.24. The Morgan fingerprint density at radius 2 is 1.83 bits per heavy atom. The Labute approximate surface area is 179 Å². The van der Waals surface area contributed by atoms with Crippen molar-refractivity contribution in [2.24, 2.45) is 0 Å². The van der Waals surface area contributed by atoms with Crippen LogP contribution in [0.4, 0.5) is 5.69 Å². The number of ether oxygens (including phenoxy) is 2. The van der Waals surface area contributed by atoms with Gasteiger partial charge in [0.15, 0.2) is 5.82 Å². The van der Waals surface area contributed by atoms with Gasteiger partial charge in [0.2, 0.25) is 11.1 Å². The number of hydrogen-bond acceptors (Lipinski definition) is 7. The molecule has 1 aromatic heterocycles. The predicted molar refractivity (Wildman–Crippen MR) is 117 cm³/mol. The van der Waals surface area contributed by atoms with Gasteiger partial charge in [-0.05, 0) is 56.2 Å². The summed E-state index contributed by atoms with van der Waals surface area (Å²) in [6, 6.07) is 13.1.